The molecule has 0 aliphatic carbocycles. The fraction of sp³-hybridized carbons (Fsp3) is 0.650. The Morgan fingerprint density at radius 2 is 1.88 bits per heavy atom. The van der Waals surface area contributed by atoms with Crippen molar-refractivity contribution in [2.24, 2.45) is 4.99 Å². The van der Waals surface area contributed by atoms with Crippen LogP contribution in [0.3, 0.4) is 0 Å². The van der Waals surface area contributed by atoms with Crippen LogP contribution in [0.2, 0.25) is 0 Å². The summed E-state index contributed by atoms with van der Waals surface area (Å²) in [6.45, 7) is 8.65. The molecular formula is C20H34IN3OS. The molecule has 0 atom stereocenters. The first-order valence-electron chi connectivity index (χ1n) is 9.38. The Hall–Kier alpha value is -0.470. The van der Waals surface area contributed by atoms with Crippen LogP contribution >= 0.6 is 35.7 Å². The zero-order valence-corrected chi connectivity index (χ0v) is 19.5. The van der Waals surface area contributed by atoms with Gasteiger partial charge in [0.25, 0.3) is 0 Å². The van der Waals surface area contributed by atoms with Crippen molar-refractivity contribution >= 4 is 41.7 Å². The molecule has 26 heavy (non-hydrogen) atoms. The van der Waals surface area contributed by atoms with Crippen LogP contribution in [0.5, 0.6) is 0 Å². The van der Waals surface area contributed by atoms with E-state index >= 15 is 0 Å². The van der Waals surface area contributed by atoms with Gasteiger partial charge in [0.1, 0.15) is 0 Å². The molecule has 1 aliphatic rings. The Balaban J connectivity index is 0.00000338. The Morgan fingerprint density at radius 3 is 2.50 bits per heavy atom. The van der Waals surface area contributed by atoms with Gasteiger partial charge in [0.2, 0.25) is 0 Å². The van der Waals surface area contributed by atoms with Crippen LogP contribution < -0.4 is 10.6 Å². The molecule has 1 fully saturated rings. The van der Waals surface area contributed by atoms with Crippen molar-refractivity contribution in [3.63, 3.8) is 0 Å². The zero-order valence-electron chi connectivity index (χ0n) is 16.3. The van der Waals surface area contributed by atoms with Crippen LogP contribution in [-0.2, 0) is 11.3 Å². The molecule has 4 nitrogen and oxygen atoms in total. The third-order valence-electron chi connectivity index (χ3n) is 4.78. The number of nitrogens with one attached hydrogen (secondary N) is 2. The van der Waals surface area contributed by atoms with Gasteiger partial charge < -0.3 is 15.4 Å². The number of aryl methyl sites for hydroxylation is 1. The van der Waals surface area contributed by atoms with E-state index in [1.54, 1.807) is 0 Å². The average Bonchev–Trinajstić information content (AvgIpc) is 2.65. The molecule has 1 aromatic rings. The molecule has 1 saturated heterocycles. The van der Waals surface area contributed by atoms with Crippen molar-refractivity contribution in [1.29, 1.82) is 0 Å². The monoisotopic (exact) mass is 491 g/mol. The molecule has 148 valence electrons. The molecule has 0 radical (unpaired) electrons. The number of ether oxygens (including phenoxy) is 1. The maximum absolute atomic E-state index is 5.54. The quantitative estimate of drug-likeness (QED) is 0.246. The summed E-state index contributed by atoms with van der Waals surface area (Å²) < 4.78 is 5.80. The maximum Gasteiger partial charge on any atom is 0.191 e. The lowest BCUT2D eigenvalue weighted by Crippen LogP contribution is -2.48. The molecule has 0 aromatic heterocycles. The number of thioether (sulfide) groups is 1. The maximum atomic E-state index is 5.54. The number of benzene rings is 1. The van der Waals surface area contributed by atoms with Crippen LogP contribution in [0.25, 0.3) is 0 Å². The van der Waals surface area contributed by atoms with Crippen molar-refractivity contribution in [2.45, 2.75) is 50.8 Å². The van der Waals surface area contributed by atoms with Crippen molar-refractivity contribution in [2.75, 3.05) is 32.6 Å². The van der Waals surface area contributed by atoms with E-state index in [-0.39, 0.29) is 28.7 Å². The number of hydrogen-bond donors (Lipinski definition) is 2. The van der Waals surface area contributed by atoms with Crippen LogP contribution in [0.4, 0.5) is 0 Å². The molecule has 1 aromatic carbocycles. The number of rotatable bonds is 8. The van der Waals surface area contributed by atoms with Crippen LogP contribution in [0.1, 0.15) is 43.7 Å². The summed E-state index contributed by atoms with van der Waals surface area (Å²) in [6, 6.07) is 8.61. The summed E-state index contributed by atoms with van der Waals surface area (Å²) in [5.74, 6) is 0.925. The second kappa shape index (κ2) is 12.8. The van der Waals surface area contributed by atoms with E-state index in [0.717, 1.165) is 51.5 Å². The van der Waals surface area contributed by atoms with Gasteiger partial charge in [-0.05, 0) is 38.0 Å². The highest BCUT2D eigenvalue weighted by Crippen LogP contribution is 2.32. The van der Waals surface area contributed by atoms with Gasteiger partial charge >= 0.3 is 0 Å². The highest BCUT2D eigenvalue weighted by atomic mass is 127. The number of guanidine groups is 1. The minimum atomic E-state index is 0. The summed E-state index contributed by atoms with van der Waals surface area (Å²) >= 11 is 1.95. The van der Waals surface area contributed by atoms with Crippen LogP contribution in [0.15, 0.2) is 29.3 Å². The van der Waals surface area contributed by atoms with Gasteiger partial charge in [-0.1, -0.05) is 43.2 Å². The molecule has 2 rings (SSSR count). The zero-order chi connectivity index (χ0) is 18.0. The SMILES string of the molecule is CCCCNC(=NCc1ccc(C)cc1)NCC1(SC)CCOCC1.I. The number of unbranched alkanes of at least 4 members (excludes halogenated alkanes) is 1. The summed E-state index contributed by atoms with van der Waals surface area (Å²) in [4.78, 5) is 4.80. The van der Waals surface area contributed by atoms with Gasteiger partial charge in [0.15, 0.2) is 5.96 Å². The lowest BCUT2D eigenvalue weighted by Gasteiger charge is -2.36. The van der Waals surface area contributed by atoms with E-state index in [1.165, 1.54) is 17.5 Å². The van der Waals surface area contributed by atoms with Crippen molar-refractivity contribution in [3.05, 3.63) is 35.4 Å². The normalized spacial score (nSPS) is 16.7. The topological polar surface area (TPSA) is 45.7 Å². The van der Waals surface area contributed by atoms with E-state index in [2.05, 4.69) is 55.0 Å². The lowest BCUT2D eigenvalue weighted by molar-refractivity contribution is 0.0783. The van der Waals surface area contributed by atoms with Crippen molar-refractivity contribution in [1.82, 2.24) is 10.6 Å². The number of aliphatic imine (C=N–C) groups is 1. The first-order valence-corrected chi connectivity index (χ1v) is 10.6. The molecule has 0 unspecified atom stereocenters. The van der Waals surface area contributed by atoms with Crippen LogP contribution in [-0.4, -0.2) is 43.3 Å². The smallest absolute Gasteiger partial charge is 0.191 e. The van der Waals surface area contributed by atoms with Crippen LogP contribution in [0, 0.1) is 6.92 Å². The number of nitrogens with zero attached hydrogens (tertiary/aromatic N) is 1. The summed E-state index contributed by atoms with van der Waals surface area (Å²) in [5.41, 5.74) is 2.53. The van der Waals surface area contributed by atoms with Gasteiger partial charge in [-0.3, -0.25) is 0 Å². The third-order valence-corrected chi connectivity index (χ3v) is 6.20. The fourth-order valence-electron chi connectivity index (χ4n) is 2.86. The highest BCUT2D eigenvalue weighted by molar-refractivity contribution is 14.0. The molecule has 1 heterocycles. The Bertz CT molecular complexity index is 530. The van der Waals surface area contributed by atoms with E-state index in [9.17, 15) is 0 Å². The first-order chi connectivity index (χ1) is 12.2. The summed E-state index contributed by atoms with van der Waals surface area (Å²) in [6.07, 6.45) is 6.75. The van der Waals surface area contributed by atoms with E-state index in [1.807, 2.05) is 11.8 Å². The Morgan fingerprint density at radius 1 is 1.19 bits per heavy atom. The summed E-state index contributed by atoms with van der Waals surface area (Å²) in [5, 5.41) is 7.07. The Labute approximate surface area is 180 Å². The molecule has 0 spiro atoms. The summed E-state index contributed by atoms with van der Waals surface area (Å²) in [7, 11) is 0. The fourth-order valence-corrected chi connectivity index (χ4v) is 3.65. The Kier molecular flexibility index (Phi) is 11.6. The van der Waals surface area contributed by atoms with E-state index in [4.69, 9.17) is 9.73 Å². The minimum absolute atomic E-state index is 0. The molecule has 2 N–H and O–H groups in total. The second-order valence-electron chi connectivity index (χ2n) is 6.78. The lowest BCUT2D eigenvalue weighted by atomic mass is 9.99. The first kappa shape index (κ1) is 23.6. The largest absolute Gasteiger partial charge is 0.381 e. The number of halogens is 1. The van der Waals surface area contributed by atoms with E-state index in [0.29, 0.717) is 6.54 Å². The minimum Gasteiger partial charge on any atom is -0.381 e. The van der Waals surface area contributed by atoms with E-state index < -0.39 is 0 Å². The molecular weight excluding hydrogens is 457 g/mol. The third kappa shape index (κ3) is 8.05. The molecule has 0 saturated carbocycles. The second-order valence-corrected chi connectivity index (χ2v) is 8.06. The molecule has 0 amide bonds. The van der Waals surface area contributed by atoms with Gasteiger partial charge in [0, 0.05) is 31.1 Å². The van der Waals surface area contributed by atoms with Crippen molar-refractivity contribution in [3.8, 4) is 0 Å². The average molecular weight is 491 g/mol. The molecule has 1 aliphatic heterocycles. The molecule has 6 heteroatoms. The van der Waals surface area contributed by atoms with Gasteiger partial charge in [-0.2, -0.15) is 11.8 Å². The molecule has 0 bridgehead atoms. The predicted octanol–water partition coefficient (Wildman–Crippen LogP) is 4.36. The highest BCUT2D eigenvalue weighted by Gasteiger charge is 2.31. The number of hydrogen-bond acceptors (Lipinski definition) is 3. The standard InChI is InChI=1S/C20H33N3OS.HI/c1-4-5-12-21-19(22-15-18-8-6-17(2)7-9-18)23-16-20(25-3)10-13-24-14-11-20;/h6-9H,4-5,10-16H2,1-3H3,(H2,21,22,23);1H. The van der Waals surface area contributed by atoms with Gasteiger partial charge in [-0.15, -0.1) is 24.0 Å². The predicted molar refractivity (Wildman–Crippen MR) is 125 cm³/mol. The van der Waals surface area contributed by atoms with Crippen molar-refractivity contribution < 1.29 is 4.74 Å². The van der Waals surface area contributed by atoms with Gasteiger partial charge in [-0.25, -0.2) is 4.99 Å². The van der Waals surface area contributed by atoms with Gasteiger partial charge in [0.05, 0.1) is 6.54 Å².